The number of carbonyl (C=O) groups is 1. The Balaban J connectivity index is 1.92. The summed E-state index contributed by atoms with van der Waals surface area (Å²) in [6, 6.07) is 5.54. The van der Waals surface area contributed by atoms with Crippen LogP contribution in [0.3, 0.4) is 0 Å². The molecular formula is C13H13N5O3S2. The molecule has 23 heavy (non-hydrogen) atoms. The van der Waals surface area contributed by atoms with Gasteiger partial charge in [0, 0.05) is 31.8 Å². The van der Waals surface area contributed by atoms with E-state index in [4.69, 9.17) is 0 Å². The monoisotopic (exact) mass is 351 g/mol. The van der Waals surface area contributed by atoms with Gasteiger partial charge in [-0.25, -0.2) is 4.99 Å². The molecule has 2 aromatic rings. The number of thioether (sulfide) groups is 1. The third-order valence-electron chi connectivity index (χ3n) is 2.52. The molecule has 0 saturated carbocycles. The van der Waals surface area contributed by atoms with Crippen LogP contribution in [0.5, 0.6) is 0 Å². The van der Waals surface area contributed by atoms with Gasteiger partial charge in [0.1, 0.15) is 0 Å². The Hall–Kier alpha value is -2.33. The van der Waals surface area contributed by atoms with Crippen LogP contribution in [0, 0.1) is 10.1 Å². The first-order valence-electron chi connectivity index (χ1n) is 6.40. The molecule has 1 aromatic heterocycles. The molecule has 1 heterocycles. The minimum atomic E-state index is -0.500. The molecule has 0 aliphatic rings. The lowest BCUT2D eigenvalue weighted by Gasteiger charge is -1.99. The molecule has 0 amide bonds. The van der Waals surface area contributed by atoms with Crippen molar-refractivity contribution < 1.29 is 9.72 Å². The molecule has 120 valence electrons. The van der Waals surface area contributed by atoms with Crippen LogP contribution in [-0.4, -0.2) is 52.0 Å². The maximum absolute atomic E-state index is 12.1. The molecule has 0 saturated heterocycles. The van der Waals surface area contributed by atoms with Crippen molar-refractivity contribution in [2.75, 3.05) is 19.8 Å². The van der Waals surface area contributed by atoms with Gasteiger partial charge in [0.2, 0.25) is 5.13 Å². The fourth-order valence-electron chi connectivity index (χ4n) is 1.46. The molecule has 0 N–H and O–H groups in total. The SMILES string of the molecule is CN(C)C=Nc1nnc(SCC(=O)c2ccc([N+](=O)[O-])cc2)s1. The van der Waals surface area contributed by atoms with E-state index in [1.165, 1.54) is 47.4 Å². The summed E-state index contributed by atoms with van der Waals surface area (Å²) in [4.78, 5) is 28.0. The predicted molar refractivity (Wildman–Crippen MR) is 89.9 cm³/mol. The molecule has 0 fully saturated rings. The number of nitro benzene ring substituents is 1. The number of aliphatic imine (C=N–C) groups is 1. The molecule has 10 heteroatoms. The zero-order valence-corrected chi connectivity index (χ0v) is 14.0. The Kier molecular flexibility index (Phi) is 5.77. The minimum Gasteiger partial charge on any atom is -0.369 e. The van der Waals surface area contributed by atoms with Gasteiger partial charge in [0.15, 0.2) is 10.1 Å². The van der Waals surface area contributed by atoms with Crippen LogP contribution in [-0.2, 0) is 0 Å². The topological polar surface area (TPSA) is 102 Å². The number of hydrogen-bond donors (Lipinski definition) is 0. The highest BCUT2D eigenvalue weighted by atomic mass is 32.2. The number of benzene rings is 1. The van der Waals surface area contributed by atoms with E-state index in [1.54, 1.807) is 11.2 Å². The summed E-state index contributed by atoms with van der Waals surface area (Å²) >= 11 is 2.56. The van der Waals surface area contributed by atoms with Crippen molar-refractivity contribution in [1.29, 1.82) is 0 Å². The average Bonchev–Trinajstić information content (AvgIpc) is 2.98. The number of non-ortho nitro benzene ring substituents is 1. The van der Waals surface area contributed by atoms with Crippen LogP contribution in [0.25, 0.3) is 0 Å². The van der Waals surface area contributed by atoms with Gasteiger partial charge in [-0.1, -0.05) is 23.1 Å². The second-order valence-corrected chi connectivity index (χ2v) is 6.75. The van der Waals surface area contributed by atoms with E-state index in [2.05, 4.69) is 15.2 Å². The fraction of sp³-hybridized carbons (Fsp3) is 0.231. The lowest BCUT2D eigenvalue weighted by atomic mass is 10.1. The van der Waals surface area contributed by atoms with Crippen molar-refractivity contribution in [3.63, 3.8) is 0 Å². The molecule has 0 spiro atoms. The number of nitrogens with zero attached hydrogens (tertiary/aromatic N) is 5. The highest BCUT2D eigenvalue weighted by molar-refractivity contribution is 8.01. The highest BCUT2D eigenvalue weighted by Crippen LogP contribution is 2.27. The van der Waals surface area contributed by atoms with Gasteiger partial charge in [-0.2, -0.15) is 0 Å². The number of carbonyl (C=O) groups excluding carboxylic acids is 1. The second kappa shape index (κ2) is 7.79. The van der Waals surface area contributed by atoms with Crippen LogP contribution < -0.4 is 0 Å². The molecule has 0 aliphatic heterocycles. The Morgan fingerprint density at radius 2 is 2.09 bits per heavy atom. The average molecular weight is 351 g/mol. The van der Waals surface area contributed by atoms with Gasteiger partial charge >= 0.3 is 0 Å². The van der Waals surface area contributed by atoms with Crippen molar-refractivity contribution in [2.24, 2.45) is 4.99 Å². The molecule has 0 aliphatic carbocycles. The molecule has 0 bridgehead atoms. The van der Waals surface area contributed by atoms with Crippen LogP contribution in [0.1, 0.15) is 10.4 Å². The van der Waals surface area contributed by atoms with Crippen molar-refractivity contribution in [3.05, 3.63) is 39.9 Å². The standard InChI is InChI=1S/C13H13N5O3S2/c1-17(2)8-14-12-15-16-13(23-12)22-7-11(19)9-3-5-10(6-4-9)18(20)21/h3-6,8H,7H2,1-2H3. The summed E-state index contributed by atoms with van der Waals surface area (Å²) in [5.41, 5.74) is 0.389. The highest BCUT2D eigenvalue weighted by Gasteiger charge is 2.12. The maximum Gasteiger partial charge on any atom is 0.269 e. The van der Waals surface area contributed by atoms with E-state index in [1.807, 2.05) is 14.1 Å². The van der Waals surface area contributed by atoms with Crippen molar-refractivity contribution >= 4 is 46.0 Å². The Labute approximate surface area is 140 Å². The number of hydrogen-bond acceptors (Lipinski definition) is 8. The third kappa shape index (κ3) is 5.11. The third-order valence-corrected chi connectivity index (χ3v) is 4.49. The Morgan fingerprint density at radius 3 is 2.70 bits per heavy atom. The lowest BCUT2D eigenvalue weighted by molar-refractivity contribution is -0.384. The second-order valence-electron chi connectivity index (χ2n) is 4.57. The smallest absolute Gasteiger partial charge is 0.269 e. The van der Waals surface area contributed by atoms with Crippen molar-refractivity contribution in [1.82, 2.24) is 15.1 Å². The summed E-state index contributed by atoms with van der Waals surface area (Å²) in [6.07, 6.45) is 1.62. The quantitative estimate of drug-likeness (QED) is 0.189. The molecule has 1 aromatic carbocycles. The van der Waals surface area contributed by atoms with Crippen molar-refractivity contribution in [3.8, 4) is 0 Å². The predicted octanol–water partition coefficient (Wildman–Crippen LogP) is 2.64. The van der Waals surface area contributed by atoms with E-state index in [-0.39, 0.29) is 17.2 Å². The Bertz CT molecular complexity index is 727. The number of Topliss-reactive ketones (excluding diaryl/α,β-unsaturated/α-hetero) is 1. The molecule has 2 rings (SSSR count). The van der Waals surface area contributed by atoms with Crippen LogP contribution >= 0.6 is 23.1 Å². The minimum absolute atomic E-state index is 0.0401. The lowest BCUT2D eigenvalue weighted by Crippen LogP contribution is -2.06. The molecular weight excluding hydrogens is 338 g/mol. The summed E-state index contributed by atoms with van der Waals surface area (Å²) in [7, 11) is 3.70. The first-order valence-corrected chi connectivity index (χ1v) is 8.20. The van der Waals surface area contributed by atoms with E-state index in [0.717, 1.165) is 0 Å². The number of aromatic nitrogens is 2. The van der Waals surface area contributed by atoms with E-state index in [0.29, 0.717) is 15.0 Å². The summed E-state index contributed by atoms with van der Waals surface area (Å²) in [5, 5.41) is 19.0. The van der Waals surface area contributed by atoms with Crippen LogP contribution in [0.4, 0.5) is 10.8 Å². The van der Waals surface area contributed by atoms with Gasteiger partial charge in [-0.05, 0) is 12.1 Å². The summed E-state index contributed by atoms with van der Waals surface area (Å²) in [5.74, 6) is 0.0579. The zero-order valence-electron chi connectivity index (χ0n) is 12.4. The van der Waals surface area contributed by atoms with Gasteiger partial charge < -0.3 is 4.90 Å². The van der Waals surface area contributed by atoms with Crippen LogP contribution in [0.2, 0.25) is 0 Å². The number of ketones is 1. The van der Waals surface area contributed by atoms with Gasteiger partial charge in [-0.15, -0.1) is 10.2 Å². The first kappa shape index (κ1) is 17.0. The van der Waals surface area contributed by atoms with Gasteiger partial charge in [0.25, 0.3) is 5.69 Å². The van der Waals surface area contributed by atoms with Gasteiger partial charge in [-0.3, -0.25) is 14.9 Å². The van der Waals surface area contributed by atoms with E-state index in [9.17, 15) is 14.9 Å². The first-order chi connectivity index (χ1) is 11.0. The fourth-order valence-corrected chi connectivity index (χ4v) is 3.03. The molecule has 8 nitrogen and oxygen atoms in total. The van der Waals surface area contributed by atoms with E-state index >= 15 is 0 Å². The largest absolute Gasteiger partial charge is 0.369 e. The zero-order chi connectivity index (χ0) is 16.8. The van der Waals surface area contributed by atoms with Crippen LogP contribution in [0.15, 0.2) is 33.6 Å². The molecule has 0 unspecified atom stereocenters. The van der Waals surface area contributed by atoms with E-state index < -0.39 is 4.92 Å². The molecule has 0 atom stereocenters. The Morgan fingerprint density at radius 1 is 1.39 bits per heavy atom. The summed E-state index contributed by atoms with van der Waals surface area (Å²) < 4.78 is 0.645. The number of rotatable bonds is 7. The summed E-state index contributed by atoms with van der Waals surface area (Å²) in [6.45, 7) is 0. The van der Waals surface area contributed by atoms with Crippen molar-refractivity contribution in [2.45, 2.75) is 4.34 Å². The van der Waals surface area contributed by atoms with Gasteiger partial charge in [0.05, 0.1) is 17.0 Å². The normalized spacial score (nSPS) is 10.9. The maximum atomic E-state index is 12.1. The molecule has 0 radical (unpaired) electrons. The number of nitro groups is 1.